The lowest BCUT2D eigenvalue weighted by atomic mass is 9.83. The van der Waals surface area contributed by atoms with Crippen molar-refractivity contribution >= 4 is 0 Å². The van der Waals surface area contributed by atoms with E-state index in [0.717, 1.165) is 47.9 Å². The van der Waals surface area contributed by atoms with Crippen molar-refractivity contribution in [1.29, 1.82) is 0 Å². The number of tetrazole rings is 1. The summed E-state index contributed by atoms with van der Waals surface area (Å²) in [7, 11) is 0. The second-order valence-electron chi connectivity index (χ2n) is 9.32. The molecule has 0 amide bonds. The van der Waals surface area contributed by atoms with Crippen LogP contribution in [0.5, 0.6) is 0 Å². The van der Waals surface area contributed by atoms with Crippen molar-refractivity contribution in [3.63, 3.8) is 0 Å². The van der Waals surface area contributed by atoms with Gasteiger partial charge in [0.1, 0.15) is 0 Å². The topological polar surface area (TPSA) is 74.7 Å². The lowest BCUT2D eigenvalue weighted by Crippen LogP contribution is -2.31. The summed E-state index contributed by atoms with van der Waals surface area (Å²) < 4.78 is 0. The molecule has 2 N–H and O–H groups in total. The molecule has 0 atom stereocenters. The summed E-state index contributed by atoms with van der Waals surface area (Å²) in [6, 6.07) is 32.7. The first-order chi connectivity index (χ1) is 18.2. The third kappa shape index (κ3) is 4.33. The Morgan fingerprint density at radius 1 is 0.595 bits per heavy atom. The zero-order valence-corrected chi connectivity index (χ0v) is 20.4. The molecule has 0 spiro atoms. The number of H-pyrrole nitrogens is 1. The Balaban J connectivity index is 0.000000141. The second kappa shape index (κ2) is 9.85. The molecule has 2 aliphatic rings. The van der Waals surface area contributed by atoms with E-state index in [1.807, 2.05) is 48.5 Å². The first kappa shape index (κ1) is 22.9. The third-order valence-electron chi connectivity index (χ3n) is 7.18. The Kier molecular flexibility index (Phi) is 6.10. The SMILES string of the molecule is C1#Cc2ccccc2CCc2ccccc21.OC1(c2nn[nH]n2)c2ccccc2CCc2ccccc21. The van der Waals surface area contributed by atoms with Gasteiger partial charge in [-0.2, -0.15) is 5.21 Å². The molecular formula is C32H26N4O. The quantitative estimate of drug-likeness (QED) is 0.338. The first-order valence-corrected chi connectivity index (χ1v) is 12.5. The highest BCUT2D eigenvalue weighted by atomic mass is 16.3. The number of aryl methyl sites for hydroxylation is 4. The van der Waals surface area contributed by atoms with Gasteiger partial charge in [-0.05, 0) is 71.2 Å². The van der Waals surface area contributed by atoms with Gasteiger partial charge in [0.2, 0.25) is 5.82 Å². The Labute approximate surface area is 216 Å². The van der Waals surface area contributed by atoms with Crippen LogP contribution in [-0.4, -0.2) is 25.7 Å². The van der Waals surface area contributed by atoms with E-state index < -0.39 is 5.60 Å². The summed E-state index contributed by atoms with van der Waals surface area (Å²) >= 11 is 0. The van der Waals surface area contributed by atoms with Crippen LogP contribution in [-0.2, 0) is 31.3 Å². The molecule has 4 aromatic carbocycles. The summed E-state index contributed by atoms with van der Waals surface area (Å²) in [4.78, 5) is 0. The Morgan fingerprint density at radius 3 is 1.51 bits per heavy atom. The predicted molar refractivity (Wildman–Crippen MR) is 143 cm³/mol. The van der Waals surface area contributed by atoms with Crippen molar-refractivity contribution in [1.82, 2.24) is 20.6 Å². The molecule has 0 aliphatic heterocycles. The van der Waals surface area contributed by atoms with Gasteiger partial charge in [0.05, 0.1) is 0 Å². The Hall–Kier alpha value is -4.53. The number of aromatic amines is 1. The van der Waals surface area contributed by atoms with Crippen molar-refractivity contribution in [2.45, 2.75) is 31.3 Å². The molecule has 1 heterocycles. The van der Waals surface area contributed by atoms with Crippen LogP contribution >= 0.6 is 0 Å². The van der Waals surface area contributed by atoms with Gasteiger partial charge in [-0.3, -0.25) is 0 Å². The number of hydrogen-bond acceptors (Lipinski definition) is 4. The number of nitrogens with zero attached hydrogens (tertiary/aromatic N) is 3. The van der Waals surface area contributed by atoms with Gasteiger partial charge in [-0.1, -0.05) is 102 Å². The lowest BCUT2D eigenvalue weighted by Gasteiger charge is -2.27. The molecule has 180 valence electrons. The van der Waals surface area contributed by atoms with Crippen LogP contribution in [0.15, 0.2) is 97.1 Å². The molecule has 0 fully saturated rings. The van der Waals surface area contributed by atoms with E-state index >= 15 is 0 Å². The fraction of sp³-hybridized carbons (Fsp3) is 0.156. The summed E-state index contributed by atoms with van der Waals surface area (Å²) in [6.07, 6.45) is 3.93. The van der Waals surface area contributed by atoms with E-state index in [2.05, 4.69) is 81.0 Å². The molecule has 0 radical (unpaired) electrons. The molecular weight excluding hydrogens is 456 g/mol. The van der Waals surface area contributed by atoms with Gasteiger partial charge in [0.25, 0.3) is 0 Å². The van der Waals surface area contributed by atoms with Gasteiger partial charge in [0, 0.05) is 11.1 Å². The maximum atomic E-state index is 11.5. The number of fused-ring (bicyclic) bond motifs is 4. The van der Waals surface area contributed by atoms with Gasteiger partial charge in [-0.15, -0.1) is 10.2 Å². The van der Waals surface area contributed by atoms with Crippen LogP contribution in [0.2, 0.25) is 0 Å². The highest BCUT2D eigenvalue weighted by molar-refractivity contribution is 5.52. The molecule has 0 saturated heterocycles. The molecule has 0 bridgehead atoms. The minimum atomic E-state index is -1.36. The molecule has 5 nitrogen and oxygen atoms in total. The van der Waals surface area contributed by atoms with Gasteiger partial charge in [-0.25, -0.2) is 0 Å². The standard InChI is InChI=1S/C16H14N4O.C16H12/c21-16(15-17-19-20-18-15)13-7-3-1-5-11(13)9-10-12-6-2-4-8-14(12)16;1-2-6-14-11-12-16-8-4-3-7-15(16)10-9-13(14)5-1/h1-8,21H,9-10H2,(H,17,18,19,20);1-8H,9-10H2. The van der Waals surface area contributed by atoms with Crippen molar-refractivity contribution in [3.8, 4) is 11.8 Å². The highest BCUT2D eigenvalue weighted by Gasteiger charge is 2.42. The number of hydrogen-bond donors (Lipinski definition) is 2. The second-order valence-corrected chi connectivity index (χ2v) is 9.32. The summed E-state index contributed by atoms with van der Waals surface area (Å²) in [6.45, 7) is 0. The average Bonchev–Trinajstić information content (AvgIpc) is 3.46. The van der Waals surface area contributed by atoms with Gasteiger partial charge >= 0.3 is 0 Å². The zero-order chi connectivity index (χ0) is 25.1. The van der Waals surface area contributed by atoms with Crippen LogP contribution in [0.4, 0.5) is 0 Å². The fourth-order valence-corrected chi connectivity index (χ4v) is 5.28. The first-order valence-electron chi connectivity index (χ1n) is 12.5. The van der Waals surface area contributed by atoms with E-state index in [1.54, 1.807) is 0 Å². The molecule has 5 aromatic rings. The summed E-state index contributed by atoms with van der Waals surface area (Å²) in [5, 5.41) is 25.7. The molecule has 7 rings (SSSR count). The normalized spacial score (nSPS) is 14.4. The third-order valence-corrected chi connectivity index (χ3v) is 7.18. The van der Waals surface area contributed by atoms with Crippen molar-refractivity contribution in [3.05, 3.63) is 147 Å². The predicted octanol–water partition coefficient (Wildman–Crippen LogP) is 4.77. The van der Waals surface area contributed by atoms with E-state index in [0.29, 0.717) is 0 Å². The molecule has 0 saturated carbocycles. The number of aromatic nitrogens is 4. The number of benzene rings is 4. The zero-order valence-electron chi connectivity index (χ0n) is 20.4. The van der Waals surface area contributed by atoms with Crippen molar-refractivity contribution < 1.29 is 5.11 Å². The van der Waals surface area contributed by atoms with Crippen LogP contribution in [0, 0.1) is 11.8 Å². The van der Waals surface area contributed by atoms with Crippen LogP contribution in [0.1, 0.15) is 50.3 Å². The molecule has 0 unspecified atom stereocenters. The van der Waals surface area contributed by atoms with E-state index in [-0.39, 0.29) is 5.82 Å². The summed E-state index contributed by atoms with van der Waals surface area (Å²) in [5.41, 5.74) is 7.61. The van der Waals surface area contributed by atoms with E-state index in [4.69, 9.17) is 0 Å². The maximum Gasteiger partial charge on any atom is 0.215 e. The van der Waals surface area contributed by atoms with Crippen molar-refractivity contribution in [2.75, 3.05) is 0 Å². The minimum Gasteiger partial charge on any atom is -0.373 e. The maximum absolute atomic E-state index is 11.5. The van der Waals surface area contributed by atoms with Crippen LogP contribution in [0.3, 0.4) is 0 Å². The van der Waals surface area contributed by atoms with Crippen molar-refractivity contribution in [2.24, 2.45) is 0 Å². The Morgan fingerprint density at radius 2 is 1.03 bits per heavy atom. The highest BCUT2D eigenvalue weighted by Crippen LogP contribution is 2.40. The number of rotatable bonds is 1. The van der Waals surface area contributed by atoms with Crippen LogP contribution < -0.4 is 0 Å². The smallest absolute Gasteiger partial charge is 0.215 e. The molecule has 5 heteroatoms. The lowest BCUT2D eigenvalue weighted by molar-refractivity contribution is 0.115. The van der Waals surface area contributed by atoms with Crippen LogP contribution in [0.25, 0.3) is 0 Å². The number of aliphatic hydroxyl groups is 1. The minimum absolute atomic E-state index is 0.282. The average molecular weight is 483 g/mol. The molecule has 2 aliphatic carbocycles. The van der Waals surface area contributed by atoms with Gasteiger partial charge < -0.3 is 5.11 Å². The molecule has 1 aromatic heterocycles. The van der Waals surface area contributed by atoms with E-state index in [9.17, 15) is 5.11 Å². The largest absolute Gasteiger partial charge is 0.373 e. The molecule has 37 heavy (non-hydrogen) atoms. The Bertz CT molecular complexity index is 1510. The van der Waals surface area contributed by atoms with Gasteiger partial charge in [0.15, 0.2) is 5.60 Å². The monoisotopic (exact) mass is 482 g/mol. The van der Waals surface area contributed by atoms with E-state index in [1.165, 1.54) is 22.3 Å². The number of nitrogens with one attached hydrogen (secondary N) is 1. The fourth-order valence-electron chi connectivity index (χ4n) is 5.28. The summed E-state index contributed by atoms with van der Waals surface area (Å²) in [5.74, 6) is 6.82.